The minimum Gasteiger partial charge on any atom is -0.497 e. The van der Waals surface area contributed by atoms with E-state index in [-0.39, 0.29) is 18.0 Å². The first-order valence-corrected chi connectivity index (χ1v) is 6.47. The third kappa shape index (κ3) is 4.98. The van der Waals surface area contributed by atoms with Gasteiger partial charge in [0.25, 0.3) is 0 Å². The van der Waals surface area contributed by atoms with Crippen LogP contribution in [0.3, 0.4) is 0 Å². The average Bonchev–Trinajstić information content (AvgIpc) is 2.35. The first-order chi connectivity index (χ1) is 8.55. The molecule has 1 aromatic rings. The van der Waals surface area contributed by atoms with Crippen molar-refractivity contribution in [2.75, 3.05) is 20.0 Å². The van der Waals surface area contributed by atoms with Gasteiger partial charge in [-0.1, -0.05) is 11.6 Å². The Morgan fingerprint density at radius 2 is 2.00 bits per heavy atom. The summed E-state index contributed by atoms with van der Waals surface area (Å²) < 4.78 is 9.49. The van der Waals surface area contributed by atoms with Gasteiger partial charge in [-0.3, -0.25) is 9.59 Å². The molecule has 0 fully saturated rings. The number of ketones is 1. The SMILES string of the molecule is COC(=O)CC(=O)CSc1cc(Cl)cc(OC)c1. The van der Waals surface area contributed by atoms with E-state index < -0.39 is 5.97 Å². The highest BCUT2D eigenvalue weighted by molar-refractivity contribution is 8.00. The van der Waals surface area contributed by atoms with E-state index in [0.717, 1.165) is 4.90 Å². The largest absolute Gasteiger partial charge is 0.497 e. The maximum absolute atomic E-state index is 11.4. The molecule has 0 amide bonds. The highest BCUT2D eigenvalue weighted by atomic mass is 35.5. The number of Topliss-reactive ketones (excluding diaryl/α,β-unsaturated/α-hetero) is 1. The number of benzene rings is 1. The van der Waals surface area contributed by atoms with Crippen molar-refractivity contribution in [2.24, 2.45) is 0 Å². The summed E-state index contributed by atoms with van der Waals surface area (Å²) >= 11 is 7.20. The molecule has 1 aromatic carbocycles. The molecule has 1 rings (SSSR count). The van der Waals surface area contributed by atoms with E-state index in [1.165, 1.54) is 18.9 Å². The molecule has 0 heterocycles. The monoisotopic (exact) mass is 288 g/mol. The molecule has 0 aliphatic carbocycles. The van der Waals surface area contributed by atoms with Crippen LogP contribution in [-0.2, 0) is 14.3 Å². The lowest BCUT2D eigenvalue weighted by atomic mass is 10.3. The van der Waals surface area contributed by atoms with Crippen LogP contribution >= 0.6 is 23.4 Å². The number of rotatable bonds is 6. The Balaban J connectivity index is 2.55. The van der Waals surface area contributed by atoms with Crippen molar-refractivity contribution in [3.05, 3.63) is 23.2 Å². The molecular formula is C12H13ClO4S. The van der Waals surface area contributed by atoms with Gasteiger partial charge in [-0.05, 0) is 18.2 Å². The van der Waals surface area contributed by atoms with Crippen LogP contribution in [0.5, 0.6) is 5.75 Å². The number of carbonyl (C=O) groups is 2. The summed E-state index contributed by atoms with van der Waals surface area (Å²) in [5.41, 5.74) is 0. The van der Waals surface area contributed by atoms with E-state index in [2.05, 4.69) is 4.74 Å². The van der Waals surface area contributed by atoms with Crippen LogP contribution in [0.4, 0.5) is 0 Å². The Labute approximate surface area is 115 Å². The van der Waals surface area contributed by atoms with Crippen molar-refractivity contribution in [2.45, 2.75) is 11.3 Å². The second-order valence-corrected chi connectivity index (χ2v) is 4.89. The van der Waals surface area contributed by atoms with E-state index in [1.54, 1.807) is 25.3 Å². The topological polar surface area (TPSA) is 52.6 Å². The van der Waals surface area contributed by atoms with E-state index in [0.29, 0.717) is 10.8 Å². The number of hydrogen-bond acceptors (Lipinski definition) is 5. The third-order valence-corrected chi connectivity index (χ3v) is 3.30. The summed E-state index contributed by atoms with van der Waals surface area (Å²) in [5.74, 6) is 0.110. The fourth-order valence-corrected chi connectivity index (χ4v) is 2.32. The van der Waals surface area contributed by atoms with Crippen LogP contribution < -0.4 is 4.74 Å². The zero-order valence-corrected chi connectivity index (χ0v) is 11.6. The van der Waals surface area contributed by atoms with E-state index in [1.807, 2.05) is 0 Å². The normalized spacial score (nSPS) is 9.94. The van der Waals surface area contributed by atoms with Crippen molar-refractivity contribution < 1.29 is 19.1 Å². The van der Waals surface area contributed by atoms with Crippen molar-refractivity contribution in [1.29, 1.82) is 0 Å². The van der Waals surface area contributed by atoms with Crippen LogP contribution in [0.15, 0.2) is 23.1 Å². The number of methoxy groups -OCH3 is 2. The lowest BCUT2D eigenvalue weighted by molar-refractivity contribution is -0.142. The standard InChI is InChI=1S/C12H13ClO4S/c1-16-10-3-8(13)4-11(6-10)18-7-9(14)5-12(15)17-2/h3-4,6H,5,7H2,1-2H3. The maximum Gasteiger partial charge on any atom is 0.313 e. The van der Waals surface area contributed by atoms with Gasteiger partial charge in [0.05, 0.1) is 20.0 Å². The van der Waals surface area contributed by atoms with Gasteiger partial charge in [0.1, 0.15) is 12.2 Å². The van der Waals surface area contributed by atoms with Crippen LogP contribution in [0.25, 0.3) is 0 Å². The number of carbonyl (C=O) groups excluding carboxylic acids is 2. The quantitative estimate of drug-likeness (QED) is 0.457. The molecule has 0 aromatic heterocycles. The molecule has 0 atom stereocenters. The van der Waals surface area contributed by atoms with Crippen LogP contribution in [-0.4, -0.2) is 31.7 Å². The fourth-order valence-electron chi connectivity index (χ4n) is 1.19. The van der Waals surface area contributed by atoms with Crippen LogP contribution in [0.2, 0.25) is 5.02 Å². The summed E-state index contributed by atoms with van der Waals surface area (Å²) in [7, 11) is 2.80. The van der Waals surface area contributed by atoms with E-state index in [4.69, 9.17) is 16.3 Å². The minimum absolute atomic E-state index is 0.189. The second kappa shape index (κ2) is 7.28. The van der Waals surface area contributed by atoms with Gasteiger partial charge >= 0.3 is 5.97 Å². The first-order valence-electron chi connectivity index (χ1n) is 5.11. The zero-order chi connectivity index (χ0) is 13.5. The fraction of sp³-hybridized carbons (Fsp3) is 0.333. The number of halogens is 1. The molecule has 0 aliphatic heterocycles. The molecule has 0 bridgehead atoms. The Morgan fingerprint density at radius 3 is 2.61 bits per heavy atom. The molecule has 6 heteroatoms. The Hall–Kier alpha value is -1.20. The number of esters is 1. The molecule has 0 aliphatic rings. The highest BCUT2D eigenvalue weighted by Crippen LogP contribution is 2.27. The van der Waals surface area contributed by atoms with Crippen molar-refractivity contribution in [3.63, 3.8) is 0 Å². The smallest absolute Gasteiger partial charge is 0.313 e. The van der Waals surface area contributed by atoms with Crippen molar-refractivity contribution >= 4 is 35.1 Å². The summed E-state index contributed by atoms with van der Waals surface area (Å²) in [6.45, 7) is 0. The van der Waals surface area contributed by atoms with Gasteiger partial charge < -0.3 is 9.47 Å². The van der Waals surface area contributed by atoms with E-state index in [9.17, 15) is 9.59 Å². The van der Waals surface area contributed by atoms with E-state index >= 15 is 0 Å². The molecule has 0 saturated carbocycles. The molecule has 18 heavy (non-hydrogen) atoms. The van der Waals surface area contributed by atoms with Gasteiger partial charge in [-0.2, -0.15) is 0 Å². The molecular weight excluding hydrogens is 276 g/mol. The van der Waals surface area contributed by atoms with Gasteiger partial charge in [-0.15, -0.1) is 11.8 Å². The molecule has 0 saturated heterocycles. The number of ether oxygens (including phenoxy) is 2. The van der Waals surface area contributed by atoms with Gasteiger partial charge in [0, 0.05) is 9.92 Å². The third-order valence-electron chi connectivity index (χ3n) is 2.05. The van der Waals surface area contributed by atoms with Gasteiger partial charge in [0.15, 0.2) is 5.78 Å². The average molecular weight is 289 g/mol. The number of thioether (sulfide) groups is 1. The zero-order valence-electron chi connectivity index (χ0n) is 10.1. The molecule has 0 radical (unpaired) electrons. The number of hydrogen-bond donors (Lipinski definition) is 0. The Morgan fingerprint density at radius 1 is 1.28 bits per heavy atom. The lowest BCUT2D eigenvalue weighted by Crippen LogP contribution is -2.10. The molecule has 0 spiro atoms. The van der Waals surface area contributed by atoms with Gasteiger partial charge in [0.2, 0.25) is 0 Å². The lowest BCUT2D eigenvalue weighted by Gasteiger charge is -2.05. The van der Waals surface area contributed by atoms with Gasteiger partial charge in [-0.25, -0.2) is 0 Å². The van der Waals surface area contributed by atoms with Crippen LogP contribution in [0.1, 0.15) is 6.42 Å². The second-order valence-electron chi connectivity index (χ2n) is 3.41. The summed E-state index contributed by atoms with van der Waals surface area (Å²) in [4.78, 5) is 23.2. The molecule has 0 unspecified atom stereocenters. The van der Waals surface area contributed by atoms with Crippen molar-refractivity contribution in [1.82, 2.24) is 0 Å². The molecule has 4 nitrogen and oxygen atoms in total. The predicted octanol–water partition coefficient (Wildman–Crippen LogP) is 2.57. The minimum atomic E-state index is -0.524. The highest BCUT2D eigenvalue weighted by Gasteiger charge is 2.10. The molecule has 98 valence electrons. The first kappa shape index (κ1) is 14.9. The predicted molar refractivity (Wildman–Crippen MR) is 70.4 cm³/mol. The molecule has 0 N–H and O–H groups in total. The summed E-state index contributed by atoms with van der Waals surface area (Å²) in [6.07, 6.45) is -0.207. The van der Waals surface area contributed by atoms with Crippen molar-refractivity contribution in [3.8, 4) is 5.75 Å². The Bertz CT molecular complexity index is 448. The summed E-state index contributed by atoms with van der Waals surface area (Å²) in [6, 6.07) is 5.20. The van der Waals surface area contributed by atoms with Crippen LogP contribution in [0, 0.1) is 0 Å². The Kier molecular flexibility index (Phi) is 6.01. The summed E-state index contributed by atoms with van der Waals surface area (Å²) in [5, 5.41) is 0.539. The maximum atomic E-state index is 11.4.